The smallest absolute Gasteiger partial charge is 0.323 e. The number of phenols is 1. The Labute approximate surface area is 234 Å². The van der Waals surface area contributed by atoms with Gasteiger partial charge in [-0.1, -0.05) is 30.3 Å². The average Bonchev–Trinajstić information content (AvgIpc) is 2.90. The van der Waals surface area contributed by atoms with Crippen LogP contribution in [0.25, 0.3) is 0 Å². The number of carbonyl (C=O) groups is 2. The van der Waals surface area contributed by atoms with Crippen molar-refractivity contribution in [1.29, 1.82) is 0 Å². The zero-order valence-corrected chi connectivity index (χ0v) is 22.7. The Morgan fingerprint density at radius 3 is 2.16 bits per heavy atom. The minimum absolute atomic E-state index is 0.152. The van der Waals surface area contributed by atoms with Gasteiger partial charge in [-0.2, -0.15) is 0 Å². The molecule has 0 heterocycles. The second-order valence-electron chi connectivity index (χ2n) is 8.17. The third-order valence-electron chi connectivity index (χ3n) is 5.55. The Balaban J connectivity index is 1.64. The lowest BCUT2D eigenvalue weighted by Gasteiger charge is -2.23. The highest BCUT2D eigenvalue weighted by atomic mass is 79.9. The molecule has 0 aromatic heterocycles. The maximum atomic E-state index is 13.3. The fourth-order valence-corrected chi connectivity index (χ4v) is 5.03. The Kier molecular flexibility index (Phi) is 8.45. The number of aliphatic carboxylic acids is 1. The summed E-state index contributed by atoms with van der Waals surface area (Å²) in [5, 5.41) is 30.5. The third-order valence-corrected chi connectivity index (χ3v) is 6.73. The number of hydrogen-bond acceptors (Lipinski definition) is 5. The van der Waals surface area contributed by atoms with E-state index in [1.54, 1.807) is 42.5 Å². The normalized spacial score (nSPS) is 11.6. The number of aliphatic hydroxyl groups is 1. The standard InChI is InChI=1S/C28H20Br2FNO6/c29-22-12-19(32(15-25(34)35)28(37)17-4-2-1-3-5-17)13-23(30)27(22)38-20-10-11-24(33)21(14-20)26(36)16-6-8-18(31)9-7-16/h1-14,26,33,36H,15H2,(H,34,35). The Morgan fingerprint density at radius 1 is 0.921 bits per heavy atom. The molecule has 4 aromatic rings. The van der Waals surface area contributed by atoms with Gasteiger partial charge in [-0.05, 0) is 92.0 Å². The fraction of sp³-hybridized carbons (Fsp3) is 0.0714. The van der Waals surface area contributed by atoms with Crippen molar-refractivity contribution in [3.63, 3.8) is 0 Å². The first kappa shape index (κ1) is 27.3. The van der Waals surface area contributed by atoms with Crippen molar-refractivity contribution in [2.45, 2.75) is 6.10 Å². The number of hydrogen-bond donors (Lipinski definition) is 3. The van der Waals surface area contributed by atoms with Gasteiger partial charge in [0.15, 0.2) is 5.75 Å². The van der Waals surface area contributed by atoms with Crippen LogP contribution in [-0.2, 0) is 4.79 Å². The quantitative estimate of drug-likeness (QED) is 0.198. The first-order valence-electron chi connectivity index (χ1n) is 11.2. The minimum Gasteiger partial charge on any atom is -0.508 e. The molecule has 38 heavy (non-hydrogen) atoms. The molecule has 0 aliphatic rings. The number of carboxylic acids is 1. The SMILES string of the molecule is O=C(O)CN(C(=O)c1ccccc1)c1cc(Br)c(Oc2ccc(O)c(C(O)c3ccc(F)cc3)c2)c(Br)c1. The molecule has 0 spiro atoms. The lowest BCUT2D eigenvalue weighted by molar-refractivity contribution is -0.135. The number of benzene rings is 4. The summed E-state index contributed by atoms with van der Waals surface area (Å²) >= 11 is 6.85. The number of ether oxygens (including phenoxy) is 1. The highest BCUT2D eigenvalue weighted by Gasteiger charge is 2.23. The van der Waals surface area contributed by atoms with Crippen molar-refractivity contribution < 1.29 is 34.0 Å². The van der Waals surface area contributed by atoms with Crippen LogP contribution >= 0.6 is 31.9 Å². The van der Waals surface area contributed by atoms with Crippen molar-refractivity contribution in [3.05, 3.63) is 116 Å². The van der Waals surface area contributed by atoms with Crippen molar-refractivity contribution in [3.8, 4) is 17.2 Å². The Hall–Kier alpha value is -3.73. The van der Waals surface area contributed by atoms with Crippen molar-refractivity contribution >= 4 is 49.4 Å². The van der Waals surface area contributed by atoms with Gasteiger partial charge in [-0.25, -0.2) is 4.39 Å². The van der Waals surface area contributed by atoms with Gasteiger partial charge < -0.3 is 20.1 Å². The largest absolute Gasteiger partial charge is 0.508 e. The van der Waals surface area contributed by atoms with Crippen LogP contribution in [0.15, 0.2) is 93.9 Å². The summed E-state index contributed by atoms with van der Waals surface area (Å²) in [7, 11) is 0. The van der Waals surface area contributed by atoms with E-state index in [1.807, 2.05) is 0 Å². The van der Waals surface area contributed by atoms with Gasteiger partial charge in [-0.3, -0.25) is 14.5 Å². The summed E-state index contributed by atoms with van der Waals surface area (Å²) in [5.41, 5.74) is 1.18. The molecule has 0 saturated carbocycles. The Bertz CT molecular complexity index is 1460. The second kappa shape index (κ2) is 11.8. The number of anilines is 1. The predicted molar refractivity (Wildman–Crippen MR) is 146 cm³/mol. The molecule has 3 N–H and O–H groups in total. The van der Waals surface area contributed by atoms with Crippen LogP contribution < -0.4 is 9.64 Å². The molecule has 10 heteroatoms. The van der Waals surface area contributed by atoms with E-state index in [4.69, 9.17) is 4.74 Å². The highest BCUT2D eigenvalue weighted by Crippen LogP contribution is 2.42. The maximum Gasteiger partial charge on any atom is 0.323 e. The van der Waals surface area contributed by atoms with Gasteiger partial charge in [-0.15, -0.1) is 0 Å². The van der Waals surface area contributed by atoms with Gasteiger partial charge >= 0.3 is 5.97 Å². The van der Waals surface area contributed by atoms with E-state index >= 15 is 0 Å². The van der Waals surface area contributed by atoms with Crippen LogP contribution in [0.4, 0.5) is 10.1 Å². The lowest BCUT2D eigenvalue weighted by Crippen LogP contribution is -2.35. The van der Waals surface area contributed by atoms with Crippen molar-refractivity contribution in [2.75, 3.05) is 11.4 Å². The van der Waals surface area contributed by atoms with E-state index in [2.05, 4.69) is 31.9 Å². The van der Waals surface area contributed by atoms with E-state index < -0.39 is 30.3 Å². The monoisotopic (exact) mass is 643 g/mol. The van der Waals surface area contributed by atoms with Crippen molar-refractivity contribution in [1.82, 2.24) is 0 Å². The van der Waals surface area contributed by atoms with E-state index in [0.29, 0.717) is 31.5 Å². The molecular formula is C28H20Br2FNO6. The van der Waals surface area contributed by atoms with E-state index in [9.17, 15) is 29.3 Å². The molecular weight excluding hydrogens is 625 g/mol. The molecule has 0 bridgehead atoms. The Morgan fingerprint density at radius 2 is 1.55 bits per heavy atom. The zero-order valence-electron chi connectivity index (χ0n) is 19.5. The molecule has 0 aliphatic carbocycles. The summed E-state index contributed by atoms with van der Waals surface area (Å²) in [6.07, 6.45) is -1.23. The number of carbonyl (C=O) groups excluding carboxylic acids is 1. The number of rotatable bonds is 8. The molecule has 7 nitrogen and oxygen atoms in total. The molecule has 0 aliphatic heterocycles. The predicted octanol–water partition coefficient (Wildman–Crippen LogP) is 6.66. The summed E-state index contributed by atoms with van der Waals surface area (Å²) < 4.78 is 20.1. The molecule has 4 aromatic carbocycles. The summed E-state index contributed by atoms with van der Waals surface area (Å²) in [5.74, 6) is -1.71. The number of carboxylic acid groups (broad SMARTS) is 1. The number of nitrogens with zero attached hydrogens (tertiary/aromatic N) is 1. The summed E-state index contributed by atoms with van der Waals surface area (Å²) in [6, 6.07) is 21.0. The zero-order chi connectivity index (χ0) is 27.4. The van der Waals surface area contributed by atoms with Gasteiger partial charge in [0, 0.05) is 16.8 Å². The highest BCUT2D eigenvalue weighted by molar-refractivity contribution is 9.11. The first-order valence-corrected chi connectivity index (χ1v) is 12.7. The van der Waals surface area contributed by atoms with Gasteiger partial charge in [0.25, 0.3) is 5.91 Å². The molecule has 1 amide bonds. The number of phenolic OH excluding ortho intramolecular Hbond substituents is 1. The molecule has 0 fully saturated rings. The summed E-state index contributed by atoms with van der Waals surface area (Å²) in [4.78, 5) is 25.7. The topological polar surface area (TPSA) is 107 Å². The fourth-order valence-electron chi connectivity index (χ4n) is 3.71. The van der Waals surface area contributed by atoms with Gasteiger partial charge in [0.1, 0.15) is 30.0 Å². The van der Waals surface area contributed by atoms with Gasteiger partial charge in [0.05, 0.1) is 8.95 Å². The van der Waals surface area contributed by atoms with Crippen LogP contribution in [0.1, 0.15) is 27.6 Å². The molecule has 194 valence electrons. The number of halogens is 3. The molecule has 1 unspecified atom stereocenters. The number of amides is 1. The average molecular weight is 645 g/mol. The maximum absolute atomic E-state index is 13.3. The second-order valence-corrected chi connectivity index (χ2v) is 9.88. The first-order chi connectivity index (χ1) is 18.1. The van der Waals surface area contributed by atoms with E-state index in [1.165, 1.54) is 42.5 Å². The van der Waals surface area contributed by atoms with Crippen LogP contribution in [-0.4, -0.2) is 33.7 Å². The third kappa shape index (κ3) is 6.21. The lowest BCUT2D eigenvalue weighted by atomic mass is 10.0. The molecule has 1 atom stereocenters. The molecule has 4 rings (SSSR count). The van der Waals surface area contributed by atoms with Crippen LogP contribution in [0, 0.1) is 5.82 Å². The molecule has 0 radical (unpaired) electrons. The summed E-state index contributed by atoms with van der Waals surface area (Å²) in [6.45, 7) is -0.560. The van der Waals surface area contributed by atoms with Gasteiger partial charge in [0.2, 0.25) is 0 Å². The minimum atomic E-state index is -1.23. The van der Waals surface area contributed by atoms with Crippen LogP contribution in [0.3, 0.4) is 0 Å². The van der Waals surface area contributed by atoms with E-state index in [0.717, 1.165) is 4.90 Å². The van der Waals surface area contributed by atoms with Crippen LogP contribution in [0.2, 0.25) is 0 Å². The van der Waals surface area contributed by atoms with Crippen LogP contribution in [0.5, 0.6) is 17.2 Å². The number of aliphatic hydroxyl groups excluding tert-OH is 1. The van der Waals surface area contributed by atoms with Crippen molar-refractivity contribution in [2.24, 2.45) is 0 Å². The number of aromatic hydroxyl groups is 1. The molecule has 0 saturated heterocycles. The van der Waals surface area contributed by atoms with E-state index in [-0.39, 0.29) is 17.1 Å².